The standard InChI is InChI=1S/C14H12F2N2O5/c1-20-11-6-12(21-2)18-14(17-11)23-10-5-3-4-9(8(10)7-19)22-13(15)16/h3-7,13H,1-2H3. The predicted molar refractivity (Wildman–Crippen MR) is 73.7 cm³/mol. The number of carbonyl (C=O) groups is 1. The SMILES string of the molecule is COc1cc(OC)nc(Oc2cccc(OC(F)F)c2C=O)n1. The van der Waals surface area contributed by atoms with E-state index < -0.39 is 6.61 Å². The Morgan fingerprint density at radius 2 is 1.70 bits per heavy atom. The van der Waals surface area contributed by atoms with Crippen molar-refractivity contribution >= 4 is 6.29 Å². The Balaban J connectivity index is 2.38. The number of alkyl halides is 2. The van der Waals surface area contributed by atoms with Crippen LogP contribution in [0.5, 0.6) is 29.3 Å². The zero-order valence-electron chi connectivity index (χ0n) is 12.2. The normalized spacial score (nSPS) is 10.3. The maximum Gasteiger partial charge on any atom is 0.387 e. The lowest BCUT2D eigenvalue weighted by Gasteiger charge is -2.12. The molecule has 1 heterocycles. The van der Waals surface area contributed by atoms with Crippen LogP contribution < -0.4 is 18.9 Å². The van der Waals surface area contributed by atoms with Crippen LogP contribution >= 0.6 is 0 Å². The summed E-state index contributed by atoms with van der Waals surface area (Å²) >= 11 is 0. The molecule has 122 valence electrons. The van der Waals surface area contributed by atoms with Crippen molar-refractivity contribution in [2.24, 2.45) is 0 Å². The highest BCUT2D eigenvalue weighted by Gasteiger charge is 2.16. The number of hydrogen-bond donors (Lipinski definition) is 0. The summed E-state index contributed by atoms with van der Waals surface area (Å²) in [6.07, 6.45) is 0.338. The highest BCUT2D eigenvalue weighted by atomic mass is 19.3. The van der Waals surface area contributed by atoms with Gasteiger partial charge in [-0.15, -0.1) is 0 Å². The van der Waals surface area contributed by atoms with Crippen molar-refractivity contribution in [3.05, 3.63) is 29.8 Å². The lowest BCUT2D eigenvalue weighted by molar-refractivity contribution is -0.0501. The van der Waals surface area contributed by atoms with Gasteiger partial charge in [0.25, 0.3) is 0 Å². The minimum Gasteiger partial charge on any atom is -0.481 e. The molecule has 0 saturated carbocycles. The first-order chi connectivity index (χ1) is 11.1. The highest BCUT2D eigenvalue weighted by molar-refractivity contribution is 5.83. The van der Waals surface area contributed by atoms with Crippen molar-refractivity contribution < 1.29 is 32.5 Å². The first-order valence-corrected chi connectivity index (χ1v) is 6.25. The second-order valence-electron chi connectivity index (χ2n) is 4.00. The fourth-order valence-corrected chi connectivity index (χ4v) is 1.66. The number of hydrogen-bond acceptors (Lipinski definition) is 7. The molecule has 0 saturated heterocycles. The first kappa shape index (κ1) is 16.4. The average Bonchev–Trinajstić information content (AvgIpc) is 2.54. The van der Waals surface area contributed by atoms with Crippen molar-refractivity contribution in [1.29, 1.82) is 0 Å². The summed E-state index contributed by atoms with van der Waals surface area (Å²) < 4.78 is 44.3. The molecule has 2 aromatic rings. The number of carbonyl (C=O) groups excluding carboxylic acids is 1. The Labute approximate surface area is 129 Å². The van der Waals surface area contributed by atoms with E-state index >= 15 is 0 Å². The number of ether oxygens (including phenoxy) is 4. The van der Waals surface area contributed by atoms with Gasteiger partial charge in [0, 0.05) is 0 Å². The topological polar surface area (TPSA) is 79.8 Å². The van der Waals surface area contributed by atoms with E-state index in [4.69, 9.17) is 14.2 Å². The van der Waals surface area contributed by atoms with Gasteiger partial charge in [-0.05, 0) is 12.1 Å². The van der Waals surface area contributed by atoms with Crippen LogP contribution in [0.2, 0.25) is 0 Å². The van der Waals surface area contributed by atoms with E-state index in [1.807, 2.05) is 0 Å². The predicted octanol–water partition coefficient (Wildman–Crippen LogP) is 2.70. The second-order valence-corrected chi connectivity index (χ2v) is 4.00. The Bertz CT molecular complexity index is 675. The van der Waals surface area contributed by atoms with Crippen molar-refractivity contribution in [3.63, 3.8) is 0 Å². The summed E-state index contributed by atoms with van der Waals surface area (Å²) in [6, 6.07) is 5.23. The van der Waals surface area contributed by atoms with Gasteiger partial charge >= 0.3 is 12.6 Å². The van der Waals surface area contributed by atoms with E-state index in [1.165, 1.54) is 38.5 Å². The van der Waals surface area contributed by atoms with E-state index in [1.54, 1.807) is 0 Å². The fraction of sp³-hybridized carbons (Fsp3) is 0.214. The second kappa shape index (κ2) is 7.34. The van der Waals surface area contributed by atoms with Crippen molar-refractivity contribution in [3.8, 4) is 29.3 Å². The molecule has 9 heteroatoms. The average molecular weight is 326 g/mol. The number of benzene rings is 1. The van der Waals surface area contributed by atoms with Crippen LogP contribution in [0.1, 0.15) is 10.4 Å². The van der Waals surface area contributed by atoms with Gasteiger partial charge in [-0.1, -0.05) is 6.07 Å². The minimum atomic E-state index is -3.07. The van der Waals surface area contributed by atoms with Crippen LogP contribution in [0.3, 0.4) is 0 Å². The zero-order valence-corrected chi connectivity index (χ0v) is 12.2. The number of halogens is 2. The summed E-state index contributed by atoms with van der Waals surface area (Å²) in [5, 5.41) is 0. The highest BCUT2D eigenvalue weighted by Crippen LogP contribution is 2.31. The van der Waals surface area contributed by atoms with Gasteiger partial charge in [-0.25, -0.2) is 0 Å². The monoisotopic (exact) mass is 326 g/mol. The van der Waals surface area contributed by atoms with Gasteiger partial charge in [0.1, 0.15) is 11.5 Å². The van der Waals surface area contributed by atoms with Gasteiger partial charge in [0.2, 0.25) is 11.8 Å². The number of rotatable bonds is 7. The fourth-order valence-electron chi connectivity index (χ4n) is 1.66. The van der Waals surface area contributed by atoms with Crippen molar-refractivity contribution in [2.75, 3.05) is 14.2 Å². The number of aromatic nitrogens is 2. The molecular formula is C14H12F2N2O5. The lowest BCUT2D eigenvalue weighted by Crippen LogP contribution is -2.05. The Morgan fingerprint density at radius 1 is 1.09 bits per heavy atom. The van der Waals surface area contributed by atoms with Gasteiger partial charge in [-0.3, -0.25) is 4.79 Å². The summed E-state index contributed by atoms with van der Waals surface area (Å²) in [7, 11) is 2.78. The van der Waals surface area contributed by atoms with E-state index in [9.17, 15) is 13.6 Å². The maximum absolute atomic E-state index is 12.4. The third-order valence-electron chi connectivity index (χ3n) is 2.64. The van der Waals surface area contributed by atoms with E-state index in [2.05, 4.69) is 14.7 Å². The third-order valence-corrected chi connectivity index (χ3v) is 2.64. The Morgan fingerprint density at radius 3 is 2.22 bits per heavy atom. The van der Waals surface area contributed by atoms with E-state index in [0.29, 0.717) is 6.29 Å². The molecule has 7 nitrogen and oxygen atoms in total. The minimum absolute atomic E-state index is 0.0477. The van der Waals surface area contributed by atoms with E-state index in [0.717, 1.165) is 0 Å². The Hall–Kier alpha value is -2.97. The molecule has 1 aromatic heterocycles. The van der Waals surface area contributed by atoms with Crippen LogP contribution in [0.4, 0.5) is 8.78 Å². The summed E-state index contributed by atoms with van der Waals surface area (Å²) in [4.78, 5) is 19.0. The zero-order chi connectivity index (χ0) is 16.8. The van der Waals surface area contributed by atoms with Crippen LogP contribution in [0.15, 0.2) is 24.3 Å². The van der Waals surface area contributed by atoms with Gasteiger partial charge in [-0.2, -0.15) is 18.7 Å². The van der Waals surface area contributed by atoms with Crippen LogP contribution in [0.25, 0.3) is 0 Å². The van der Waals surface area contributed by atoms with Crippen LogP contribution in [0, 0.1) is 0 Å². The first-order valence-electron chi connectivity index (χ1n) is 6.25. The largest absolute Gasteiger partial charge is 0.481 e. The molecule has 0 spiro atoms. The number of aldehydes is 1. The smallest absolute Gasteiger partial charge is 0.387 e. The molecule has 0 bridgehead atoms. The molecule has 0 aliphatic heterocycles. The maximum atomic E-state index is 12.4. The van der Waals surface area contributed by atoms with Crippen LogP contribution in [-0.4, -0.2) is 37.1 Å². The molecular weight excluding hydrogens is 314 g/mol. The molecule has 0 amide bonds. The molecule has 0 atom stereocenters. The molecule has 0 radical (unpaired) electrons. The molecule has 0 aliphatic carbocycles. The van der Waals surface area contributed by atoms with Gasteiger partial charge in [0.15, 0.2) is 6.29 Å². The number of nitrogens with zero attached hydrogens (tertiary/aromatic N) is 2. The van der Waals surface area contributed by atoms with Gasteiger partial charge in [0.05, 0.1) is 25.8 Å². The van der Waals surface area contributed by atoms with Crippen LogP contribution in [-0.2, 0) is 0 Å². The molecule has 0 fully saturated rings. The third kappa shape index (κ3) is 4.02. The molecule has 0 aliphatic rings. The summed E-state index contributed by atoms with van der Waals surface area (Å²) in [5.41, 5.74) is -0.196. The number of methoxy groups -OCH3 is 2. The molecule has 0 N–H and O–H groups in total. The molecule has 0 unspecified atom stereocenters. The summed E-state index contributed by atoms with van der Waals surface area (Å²) in [6.45, 7) is -3.07. The van der Waals surface area contributed by atoms with Gasteiger partial charge < -0.3 is 18.9 Å². The summed E-state index contributed by atoms with van der Waals surface area (Å²) in [5.74, 6) is -0.0326. The van der Waals surface area contributed by atoms with E-state index in [-0.39, 0.29) is 34.8 Å². The molecule has 23 heavy (non-hydrogen) atoms. The van der Waals surface area contributed by atoms with Crippen molar-refractivity contribution in [2.45, 2.75) is 6.61 Å². The Kier molecular flexibility index (Phi) is 5.23. The molecule has 1 aromatic carbocycles. The molecule has 2 rings (SSSR count). The van der Waals surface area contributed by atoms with Crippen molar-refractivity contribution in [1.82, 2.24) is 9.97 Å². The quantitative estimate of drug-likeness (QED) is 0.724. The lowest BCUT2D eigenvalue weighted by atomic mass is 10.2.